The molecule has 84 valence electrons. The van der Waals surface area contributed by atoms with Crippen molar-refractivity contribution in [1.29, 1.82) is 0 Å². The second-order valence-electron chi connectivity index (χ2n) is 3.61. The van der Waals surface area contributed by atoms with Crippen LogP contribution in [0, 0.1) is 5.82 Å². The zero-order chi connectivity index (χ0) is 11.4. The third-order valence-corrected chi connectivity index (χ3v) is 3.27. The van der Waals surface area contributed by atoms with Crippen molar-refractivity contribution in [2.24, 2.45) is 0 Å². The molecule has 2 aromatic rings. The Hall–Kier alpha value is -1.26. The molecule has 1 N–H and O–H groups in total. The summed E-state index contributed by atoms with van der Waals surface area (Å²) < 4.78 is 13.1. The van der Waals surface area contributed by atoms with Crippen LogP contribution in [-0.2, 0) is 6.42 Å². The highest BCUT2D eigenvalue weighted by Crippen LogP contribution is 2.22. The molecule has 2 nitrogen and oxygen atoms in total. The normalized spacial score (nSPS) is 12.6. The second-order valence-corrected chi connectivity index (χ2v) is 4.58. The van der Waals surface area contributed by atoms with Crippen molar-refractivity contribution in [2.45, 2.75) is 12.3 Å². The summed E-state index contributed by atoms with van der Waals surface area (Å²) in [5.74, 6) is -0.323. The Bertz CT molecular complexity index is 444. The van der Waals surface area contributed by atoms with E-state index in [4.69, 9.17) is 0 Å². The Morgan fingerprint density at radius 2 is 2.31 bits per heavy atom. The minimum Gasteiger partial charge on any atom is -0.396 e. The van der Waals surface area contributed by atoms with Gasteiger partial charge in [-0.1, -0.05) is 12.1 Å². The van der Waals surface area contributed by atoms with Crippen LogP contribution in [-0.4, -0.2) is 16.7 Å². The highest BCUT2D eigenvalue weighted by atomic mass is 32.1. The molecule has 1 aromatic carbocycles. The minimum atomic E-state index is -0.264. The van der Waals surface area contributed by atoms with Crippen molar-refractivity contribution in [1.82, 2.24) is 4.98 Å². The zero-order valence-corrected chi connectivity index (χ0v) is 9.45. The molecule has 4 heteroatoms. The second kappa shape index (κ2) is 5.18. The van der Waals surface area contributed by atoms with Gasteiger partial charge in [-0.3, -0.25) is 4.98 Å². The van der Waals surface area contributed by atoms with Gasteiger partial charge in [-0.15, -0.1) is 11.3 Å². The van der Waals surface area contributed by atoms with E-state index in [2.05, 4.69) is 4.98 Å². The number of aliphatic hydroxyl groups excluding tert-OH is 1. The number of rotatable bonds is 4. The predicted octanol–water partition coefficient (Wildman–Crippen LogP) is 2.60. The number of nitrogens with zero attached hydrogens (tertiary/aromatic N) is 1. The van der Waals surface area contributed by atoms with E-state index in [1.54, 1.807) is 29.1 Å². The summed E-state index contributed by atoms with van der Waals surface area (Å²) in [4.78, 5) is 5.08. The fourth-order valence-corrected chi connectivity index (χ4v) is 2.31. The first-order valence-corrected chi connectivity index (χ1v) is 5.91. The van der Waals surface area contributed by atoms with Crippen LogP contribution >= 0.6 is 11.3 Å². The van der Waals surface area contributed by atoms with E-state index in [0.717, 1.165) is 10.4 Å². The number of hydrogen-bond acceptors (Lipinski definition) is 3. The average molecular weight is 237 g/mol. The van der Waals surface area contributed by atoms with E-state index >= 15 is 0 Å². The van der Waals surface area contributed by atoms with Crippen LogP contribution in [0.3, 0.4) is 0 Å². The number of aliphatic hydroxyl groups is 1. The molecule has 0 amide bonds. The smallest absolute Gasteiger partial charge is 0.123 e. The third kappa shape index (κ3) is 2.65. The molecule has 0 aliphatic rings. The summed E-state index contributed by atoms with van der Waals surface area (Å²) in [6.45, 7) is 0.0152. The third-order valence-electron chi connectivity index (χ3n) is 2.47. The fourth-order valence-electron chi connectivity index (χ4n) is 1.63. The van der Waals surface area contributed by atoms with Gasteiger partial charge >= 0.3 is 0 Å². The fraction of sp³-hybridized carbons (Fsp3) is 0.250. The minimum absolute atomic E-state index is 0.0152. The van der Waals surface area contributed by atoms with Crippen LogP contribution < -0.4 is 0 Å². The van der Waals surface area contributed by atoms with Gasteiger partial charge in [-0.05, 0) is 24.1 Å². The van der Waals surface area contributed by atoms with Gasteiger partial charge in [0.25, 0.3) is 0 Å². The number of aromatic nitrogens is 1. The molecule has 0 bridgehead atoms. The molecule has 0 radical (unpaired) electrons. The maximum atomic E-state index is 13.1. The monoisotopic (exact) mass is 237 g/mol. The highest BCUT2D eigenvalue weighted by molar-refractivity contribution is 7.09. The van der Waals surface area contributed by atoms with Crippen molar-refractivity contribution in [3.05, 3.63) is 52.2 Å². The number of benzene rings is 1. The largest absolute Gasteiger partial charge is 0.396 e. The lowest BCUT2D eigenvalue weighted by Gasteiger charge is -2.13. The Morgan fingerprint density at radius 1 is 1.44 bits per heavy atom. The Balaban J connectivity index is 2.16. The van der Waals surface area contributed by atoms with Gasteiger partial charge in [-0.2, -0.15) is 0 Å². The van der Waals surface area contributed by atoms with Gasteiger partial charge in [0.2, 0.25) is 0 Å². The first-order chi connectivity index (χ1) is 7.79. The maximum absolute atomic E-state index is 13.1. The lowest BCUT2D eigenvalue weighted by molar-refractivity contribution is 0.264. The van der Waals surface area contributed by atoms with Gasteiger partial charge in [0.15, 0.2) is 0 Å². The highest BCUT2D eigenvalue weighted by Gasteiger charge is 2.12. The molecule has 1 atom stereocenters. The lowest BCUT2D eigenvalue weighted by atomic mass is 9.96. The molecule has 0 fully saturated rings. The Labute approximate surface area is 97.4 Å². The van der Waals surface area contributed by atoms with Gasteiger partial charge in [-0.25, -0.2) is 4.39 Å². The molecule has 0 spiro atoms. The molecule has 1 unspecified atom stereocenters. The molecule has 0 aliphatic carbocycles. The van der Waals surface area contributed by atoms with Crippen LogP contribution in [0.5, 0.6) is 0 Å². The number of hydrogen-bond donors (Lipinski definition) is 1. The summed E-state index contributed by atoms with van der Waals surface area (Å²) in [5, 5.41) is 9.33. The molecule has 16 heavy (non-hydrogen) atoms. The van der Waals surface area contributed by atoms with Crippen molar-refractivity contribution in [3.63, 3.8) is 0 Å². The molecule has 0 saturated carbocycles. The summed E-state index contributed by atoms with van der Waals surface area (Å²) >= 11 is 1.55. The molecule has 0 saturated heterocycles. The van der Waals surface area contributed by atoms with Gasteiger partial charge in [0.05, 0.1) is 12.1 Å². The van der Waals surface area contributed by atoms with Gasteiger partial charge < -0.3 is 5.11 Å². The van der Waals surface area contributed by atoms with Crippen LogP contribution in [0.1, 0.15) is 16.4 Å². The van der Waals surface area contributed by atoms with Crippen LogP contribution in [0.25, 0.3) is 0 Å². The number of halogens is 1. The quantitative estimate of drug-likeness (QED) is 0.886. The standard InChI is InChI=1S/C12H12FNOS/c13-11-3-1-2-9(4-11)10(7-15)5-12-6-14-8-16-12/h1-4,6,8,10,15H,5,7H2. The SMILES string of the molecule is OCC(Cc1cncs1)c1cccc(F)c1. The number of thiazole rings is 1. The van der Waals surface area contributed by atoms with Gasteiger partial charge in [0.1, 0.15) is 5.82 Å². The Morgan fingerprint density at radius 3 is 2.94 bits per heavy atom. The van der Waals surface area contributed by atoms with E-state index in [1.165, 1.54) is 12.1 Å². The maximum Gasteiger partial charge on any atom is 0.123 e. The first-order valence-electron chi connectivity index (χ1n) is 5.03. The van der Waals surface area contributed by atoms with Gasteiger partial charge in [0, 0.05) is 17.0 Å². The van der Waals surface area contributed by atoms with Crippen LogP contribution in [0.4, 0.5) is 4.39 Å². The van der Waals surface area contributed by atoms with Crippen molar-refractivity contribution in [3.8, 4) is 0 Å². The van der Waals surface area contributed by atoms with E-state index in [1.807, 2.05) is 6.07 Å². The zero-order valence-electron chi connectivity index (χ0n) is 8.64. The molecular formula is C12H12FNOS. The molecule has 1 heterocycles. The van der Waals surface area contributed by atoms with E-state index in [9.17, 15) is 9.50 Å². The van der Waals surface area contributed by atoms with E-state index < -0.39 is 0 Å². The van der Waals surface area contributed by atoms with E-state index in [0.29, 0.717) is 6.42 Å². The summed E-state index contributed by atoms with van der Waals surface area (Å²) in [5.41, 5.74) is 2.59. The van der Waals surface area contributed by atoms with Crippen LogP contribution in [0.15, 0.2) is 36.0 Å². The summed E-state index contributed by atoms with van der Waals surface area (Å²) in [6, 6.07) is 6.39. The first kappa shape index (κ1) is 11.2. The molecule has 1 aromatic heterocycles. The average Bonchev–Trinajstić information content (AvgIpc) is 2.78. The molecular weight excluding hydrogens is 225 g/mol. The Kier molecular flexibility index (Phi) is 3.64. The van der Waals surface area contributed by atoms with Crippen molar-refractivity contribution in [2.75, 3.05) is 6.61 Å². The van der Waals surface area contributed by atoms with Crippen molar-refractivity contribution < 1.29 is 9.50 Å². The molecule has 0 aliphatic heterocycles. The van der Waals surface area contributed by atoms with Crippen LogP contribution in [0.2, 0.25) is 0 Å². The summed E-state index contributed by atoms with van der Waals surface area (Å²) in [7, 11) is 0. The summed E-state index contributed by atoms with van der Waals surface area (Å²) in [6.07, 6.45) is 2.48. The lowest BCUT2D eigenvalue weighted by Crippen LogP contribution is -2.07. The van der Waals surface area contributed by atoms with Crippen molar-refractivity contribution >= 4 is 11.3 Å². The van der Waals surface area contributed by atoms with E-state index in [-0.39, 0.29) is 18.3 Å². The predicted molar refractivity (Wildman–Crippen MR) is 62.0 cm³/mol. The topological polar surface area (TPSA) is 33.1 Å². The molecule has 2 rings (SSSR count).